The number of ether oxygens (including phenoxy) is 1. The smallest absolute Gasteiger partial charge is 0.279 e. The fourth-order valence-corrected chi connectivity index (χ4v) is 3.34. The molecule has 0 spiro atoms. The van der Waals surface area contributed by atoms with Gasteiger partial charge in [-0.05, 0) is 44.0 Å². The largest absolute Gasteiger partial charge is 0.486 e. The highest BCUT2D eigenvalue weighted by atomic mass is 19.1. The van der Waals surface area contributed by atoms with Crippen LogP contribution >= 0.6 is 0 Å². The molecule has 4 aromatic rings. The van der Waals surface area contributed by atoms with E-state index in [1.165, 1.54) is 6.07 Å². The highest BCUT2D eigenvalue weighted by Crippen LogP contribution is 2.22. The average Bonchev–Trinajstić information content (AvgIpc) is 3.31. The van der Waals surface area contributed by atoms with Crippen molar-refractivity contribution in [2.45, 2.75) is 33.9 Å². The van der Waals surface area contributed by atoms with Crippen molar-refractivity contribution in [3.8, 4) is 5.75 Å². The van der Waals surface area contributed by atoms with Gasteiger partial charge in [-0.25, -0.2) is 8.78 Å². The molecule has 9 heteroatoms. The molecule has 0 atom stereocenters. The number of nitrogens with zero attached hydrogens (tertiary/aromatic N) is 3. The second-order valence-corrected chi connectivity index (χ2v) is 7.64. The normalized spacial score (nSPS) is 10.9. The Morgan fingerprint density at radius 1 is 1.12 bits per heavy atom. The van der Waals surface area contributed by atoms with Crippen LogP contribution in [0.5, 0.6) is 5.75 Å². The molecule has 0 aliphatic heterocycles. The van der Waals surface area contributed by atoms with Crippen LogP contribution in [0.25, 0.3) is 0 Å². The Kier molecular flexibility index (Phi) is 6.21. The molecule has 7 nitrogen and oxygen atoms in total. The first-order chi connectivity index (χ1) is 15.8. The van der Waals surface area contributed by atoms with Crippen molar-refractivity contribution in [1.29, 1.82) is 0 Å². The Labute approximate surface area is 189 Å². The Morgan fingerprint density at radius 3 is 2.67 bits per heavy atom. The van der Waals surface area contributed by atoms with E-state index in [1.807, 2.05) is 38.1 Å². The minimum absolute atomic E-state index is 0.00104. The first-order valence-electron chi connectivity index (χ1n) is 10.2. The molecular formula is C24H22F2N4O3. The molecule has 170 valence electrons. The molecule has 2 aromatic heterocycles. The maximum atomic E-state index is 13.9. The van der Waals surface area contributed by atoms with Gasteiger partial charge in [0, 0.05) is 17.8 Å². The number of halogens is 2. The zero-order valence-electron chi connectivity index (χ0n) is 18.4. The van der Waals surface area contributed by atoms with Gasteiger partial charge in [0.1, 0.15) is 18.2 Å². The van der Waals surface area contributed by atoms with Crippen molar-refractivity contribution in [2.24, 2.45) is 0 Å². The molecule has 0 bridgehead atoms. The molecular weight excluding hydrogens is 430 g/mol. The van der Waals surface area contributed by atoms with E-state index < -0.39 is 17.5 Å². The van der Waals surface area contributed by atoms with E-state index in [9.17, 15) is 13.6 Å². The fourth-order valence-electron chi connectivity index (χ4n) is 3.34. The molecule has 2 aromatic carbocycles. The first kappa shape index (κ1) is 22.2. The number of benzene rings is 2. The van der Waals surface area contributed by atoms with Gasteiger partial charge in [0.2, 0.25) is 0 Å². The lowest BCUT2D eigenvalue weighted by Gasteiger charge is -2.08. The molecule has 0 aliphatic rings. The van der Waals surface area contributed by atoms with E-state index in [1.54, 1.807) is 17.7 Å². The molecule has 0 aliphatic carbocycles. The van der Waals surface area contributed by atoms with E-state index in [4.69, 9.17) is 9.26 Å². The molecule has 33 heavy (non-hydrogen) atoms. The van der Waals surface area contributed by atoms with Crippen LogP contribution in [0.1, 0.15) is 38.6 Å². The number of aromatic nitrogens is 3. The van der Waals surface area contributed by atoms with Gasteiger partial charge in [-0.1, -0.05) is 29.4 Å². The van der Waals surface area contributed by atoms with Crippen LogP contribution in [-0.2, 0) is 13.2 Å². The van der Waals surface area contributed by atoms with Gasteiger partial charge >= 0.3 is 0 Å². The lowest BCUT2D eigenvalue weighted by atomic mass is 10.1. The van der Waals surface area contributed by atoms with Crippen LogP contribution in [0, 0.1) is 32.4 Å². The summed E-state index contributed by atoms with van der Waals surface area (Å²) in [5.74, 6) is -1.52. The van der Waals surface area contributed by atoms with Gasteiger partial charge in [0.15, 0.2) is 23.1 Å². The number of rotatable bonds is 7. The number of aryl methyl sites for hydroxylation is 3. The molecule has 0 saturated carbocycles. The summed E-state index contributed by atoms with van der Waals surface area (Å²) in [6, 6.07) is 12.8. The van der Waals surface area contributed by atoms with E-state index in [-0.39, 0.29) is 18.1 Å². The number of nitrogens with one attached hydrogen (secondary N) is 1. The van der Waals surface area contributed by atoms with Crippen molar-refractivity contribution >= 4 is 11.7 Å². The predicted molar refractivity (Wildman–Crippen MR) is 117 cm³/mol. The SMILES string of the molecule is Cc1ccccc1Cn1nc(NC(=O)c2noc(C)c2COc2ccc(F)cc2F)cc1C. The van der Waals surface area contributed by atoms with Crippen molar-refractivity contribution in [1.82, 2.24) is 14.9 Å². The second-order valence-electron chi connectivity index (χ2n) is 7.64. The van der Waals surface area contributed by atoms with E-state index in [0.717, 1.165) is 29.0 Å². The number of hydrogen-bond donors (Lipinski definition) is 1. The molecule has 4 rings (SSSR count). The number of amides is 1. The monoisotopic (exact) mass is 452 g/mol. The van der Waals surface area contributed by atoms with Gasteiger partial charge < -0.3 is 14.6 Å². The number of anilines is 1. The summed E-state index contributed by atoms with van der Waals surface area (Å²) < 4.78 is 39.3. The predicted octanol–water partition coefficient (Wildman–Crippen LogP) is 4.95. The van der Waals surface area contributed by atoms with Gasteiger partial charge in [0.05, 0.1) is 12.1 Å². The second kappa shape index (κ2) is 9.23. The lowest BCUT2D eigenvalue weighted by Crippen LogP contribution is -2.16. The minimum atomic E-state index is -0.843. The van der Waals surface area contributed by atoms with Gasteiger partial charge in [-0.15, -0.1) is 0 Å². The van der Waals surface area contributed by atoms with Crippen molar-refractivity contribution in [3.63, 3.8) is 0 Å². The van der Waals surface area contributed by atoms with Crippen LogP contribution in [-0.4, -0.2) is 20.8 Å². The number of carbonyl (C=O) groups excluding carboxylic acids is 1. The Morgan fingerprint density at radius 2 is 1.91 bits per heavy atom. The van der Waals surface area contributed by atoms with Gasteiger partial charge in [-0.2, -0.15) is 5.10 Å². The third kappa shape index (κ3) is 4.92. The third-order valence-corrected chi connectivity index (χ3v) is 5.27. The maximum Gasteiger partial charge on any atom is 0.279 e. The molecule has 2 heterocycles. The topological polar surface area (TPSA) is 82.2 Å². The molecule has 0 unspecified atom stereocenters. The van der Waals surface area contributed by atoms with Crippen LogP contribution in [0.3, 0.4) is 0 Å². The Bertz CT molecular complexity index is 1310. The summed E-state index contributed by atoms with van der Waals surface area (Å²) in [7, 11) is 0. The first-order valence-corrected chi connectivity index (χ1v) is 10.2. The quantitative estimate of drug-likeness (QED) is 0.429. The lowest BCUT2D eigenvalue weighted by molar-refractivity contribution is 0.101. The number of hydrogen-bond acceptors (Lipinski definition) is 5. The van der Waals surface area contributed by atoms with Crippen molar-refractivity contribution in [2.75, 3.05) is 5.32 Å². The van der Waals surface area contributed by atoms with Gasteiger partial charge in [0.25, 0.3) is 5.91 Å². The number of carbonyl (C=O) groups is 1. The molecule has 1 amide bonds. The summed E-state index contributed by atoms with van der Waals surface area (Å²) in [5.41, 5.74) is 3.51. The van der Waals surface area contributed by atoms with Crippen molar-refractivity contribution < 1.29 is 22.8 Å². The molecule has 0 saturated heterocycles. The fraction of sp³-hybridized carbons (Fsp3) is 0.208. The summed E-state index contributed by atoms with van der Waals surface area (Å²) >= 11 is 0. The van der Waals surface area contributed by atoms with Crippen LogP contribution in [0.2, 0.25) is 0 Å². The summed E-state index contributed by atoms with van der Waals surface area (Å²) in [6.45, 7) is 5.94. The van der Waals surface area contributed by atoms with E-state index >= 15 is 0 Å². The summed E-state index contributed by atoms with van der Waals surface area (Å²) in [5, 5.41) is 11.0. The van der Waals surface area contributed by atoms with Gasteiger partial charge in [-0.3, -0.25) is 9.48 Å². The average molecular weight is 452 g/mol. The molecule has 0 fully saturated rings. The van der Waals surface area contributed by atoms with E-state index in [0.29, 0.717) is 23.7 Å². The van der Waals surface area contributed by atoms with Crippen LogP contribution in [0.4, 0.5) is 14.6 Å². The molecule has 0 radical (unpaired) electrons. The maximum absolute atomic E-state index is 13.9. The minimum Gasteiger partial charge on any atom is -0.486 e. The van der Waals surface area contributed by atoms with E-state index in [2.05, 4.69) is 15.6 Å². The Balaban J connectivity index is 1.48. The standard InChI is InChI=1S/C24H22F2N4O3/c1-14-6-4-5-7-17(14)12-30-15(2)10-22(28-30)27-24(31)23-19(16(3)33-29-23)13-32-21-9-8-18(25)11-20(21)26/h4-11H,12-13H2,1-3H3,(H,27,28,31). The Hall–Kier alpha value is -4.01. The summed E-state index contributed by atoms with van der Waals surface area (Å²) in [6.07, 6.45) is 0. The zero-order chi connectivity index (χ0) is 23.5. The van der Waals surface area contributed by atoms with Crippen molar-refractivity contribution in [3.05, 3.63) is 94.0 Å². The van der Waals surface area contributed by atoms with Crippen LogP contribution < -0.4 is 10.1 Å². The molecule has 1 N–H and O–H groups in total. The van der Waals surface area contributed by atoms with Crippen LogP contribution in [0.15, 0.2) is 53.1 Å². The summed E-state index contributed by atoms with van der Waals surface area (Å²) in [4.78, 5) is 12.8. The highest BCUT2D eigenvalue weighted by molar-refractivity contribution is 6.03. The highest BCUT2D eigenvalue weighted by Gasteiger charge is 2.22. The third-order valence-electron chi connectivity index (χ3n) is 5.27. The zero-order valence-corrected chi connectivity index (χ0v) is 18.4.